The molecule has 1 fully saturated rings. The fourth-order valence-electron chi connectivity index (χ4n) is 2.52. The number of nitrogens with zero attached hydrogens (tertiary/aromatic N) is 1. The van der Waals surface area contributed by atoms with Gasteiger partial charge in [-0.2, -0.15) is 0 Å². The molecule has 0 radical (unpaired) electrons. The second-order valence-corrected chi connectivity index (χ2v) is 4.79. The van der Waals surface area contributed by atoms with Crippen molar-refractivity contribution in [1.29, 1.82) is 0 Å². The molecule has 3 unspecified atom stereocenters. The lowest BCUT2D eigenvalue weighted by Gasteiger charge is -2.39. The highest BCUT2D eigenvalue weighted by Gasteiger charge is 2.26. The van der Waals surface area contributed by atoms with Crippen molar-refractivity contribution >= 4 is 0 Å². The molecular weight excluding hydrogens is 158 g/mol. The molecule has 1 aliphatic rings. The molecule has 1 heterocycles. The van der Waals surface area contributed by atoms with Gasteiger partial charge in [-0.15, -0.1) is 0 Å². The minimum Gasteiger partial charge on any atom is -0.303 e. The Balaban J connectivity index is 2.47. The Kier molecular flexibility index (Phi) is 4.24. The van der Waals surface area contributed by atoms with Gasteiger partial charge in [-0.05, 0) is 38.3 Å². The summed E-state index contributed by atoms with van der Waals surface area (Å²) in [6.07, 6.45) is 5.59. The Morgan fingerprint density at radius 3 is 2.54 bits per heavy atom. The summed E-state index contributed by atoms with van der Waals surface area (Å²) in [5.41, 5.74) is 0. The first-order valence-electron chi connectivity index (χ1n) is 5.87. The van der Waals surface area contributed by atoms with Crippen LogP contribution in [0.1, 0.15) is 46.5 Å². The van der Waals surface area contributed by atoms with Gasteiger partial charge in [-0.3, -0.25) is 0 Å². The molecule has 1 aliphatic heterocycles. The number of piperidine rings is 1. The van der Waals surface area contributed by atoms with Crippen LogP contribution in [-0.2, 0) is 0 Å². The molecule has 0 saturated carbocycles. The summed E-state index contributed by atoms with van der Waals surface area (Å²) in [5, 5.41) is 0. The molecule has 1 rings (SSSR count). The van der Waals surface area contributed by atoms with Crippen LogP contribution in [0.3, 0.4) is 0 Å². The van der Waals surface area contributed by atoms with E-state index in [2.05, 4.69) is 32.7 Å². The van der Waals surface area contributed by atoms with E-state index in [4.69, 9.17) is 0 Å². The minimum atomic E-state index is 0.851. The molecule has 3 atom stereocenters. The second-order valence-electron chi connectivity index (χ2n) is 4.79. The second kappa shape index (κ2) is 4.99. The molecule has 1 heteroatoms. The van der Waals surface area contributed by atoms with Crippen LogP contribution < -0.4 is 0 Å². The monoisotopic (exact) mass is 183 g/mol. The Morgan fingerprint density at radius 1 is 1.31 bits per heavy atom. The van der Waals surface area contributed by atoms with E-state index in [9.17, 15) is 0 Å². The van der Waals surface area contributed by atoms with Gasteiger partial charge in [0.1, 0.15) is 0 Å². The van der Waals surface area contributed by atoms with E-state index in [-0.39, 0.29) is 0 Å². The highest BCUT2D eigenvalue weighted by Crippen LogP contribution is 2.27. The molecular formula is C12H25N. The summed E-state index contributed by atoms with van der Waals surface area (Å²) in [5.74, 6) is 1.75. The van der Waals surface area contributed by atoms with Gasteiger partial charge in [0.15, 0.2) is 0 Å². The van der Waals surface area contributed by atoms with Crippen molar-refractivity contribution in [2.24, 2.45) is 11.8 Å². The maximum absolute atomic E-state index is 2.57. The van der Waals surface area contributed by atoms with Crippen LogP contribution in [0.15, 0.2) is 0 Å². The van der Waals surface area contributed by atoms with Crippen LogP contribution in [0.5, 0.6) is 0 Å². The normalized spacial score (nSPS) is 30.0. The average molecular weight is 183 g/mol. The lowest BCUT2D eigenvalue weighted by atomic mass is 9.82. The smallest absolute Gasteiger partial charge is 0.0120 e. The van der Waals surface area contributed by atoms with Crippen LogP contribution in [0, 0.1) is 11.8 Å². The molecule has 1 saturated heterocycles. The van der Waals surface area contributed by atoms with Gasteiger partial charge in [0.05, 0.1) is 0 Å². The summed E-state index contributed by atoms with van der Waals surface area (Å²) in [4.78, 5) is 2.57. The van der Waals surface area contributed by atoms with Crippen molar-refractivity contribution in [3.05, 3.63) is 0 Å². The molecule has 0 bridgehead atoms. The van der Waals surface area contributed by atoms with Gasteiger partial charge in [-0.25, -0.2) is 0 Å². The Labute approximate surface area is 83.5 Å². The average Bonchev–Trinajstić information content (AvgIpc) is 2.16. The molecule has 1 nitrogen and oxygen atoms in total. The van der Waals surface area contributed by atoms with E-state index in [0.717, 1.165) is 17.9 Å². The topological polar surface area (TPSA) is 3.24 Å². The third kappa shape index (κ3) is 2.70. The Bertz CT molecular complexity index is 144. The maximum Gasteiger partial charge on any atom is 0.0120 e. The van der Waals surface area contributed by atoms with Crippen molar-refractivity contribution in [2.75, 3.05) is 13.6 Å². The summed E-state index contributed by atoms with van der Waals surface area (Å²) in [6, 6.07) is 0.851. The number of hydrogen-bond donors (Lipinski definition) is 0. The van der Waals surface area contributed by atoms with Crippen molar-refractivity contribution in [3.8, 4) is 0 Å². The molecule has 78 valence electrons. The predicted octanol–water partition coefficient (Wildman–Crippen LogP) is 3.15. The van der Waals surface area contributed by atoms with Gasteiger partial charge in [0.25, 0.3) is 0 Å². The minimum absolute atomic E-state index is 0.851. The molecule has 0 aromatic heterocycles. The molecule has 0 N–H and O–H groups in total. The van der Waals surface area contributed by atoms with Crippen LogP contribution in [0.25, 0.3) is 0 Å². The zero-order chi connectivity index (χ0) is 9.84. The Morgan fingerprint density at radius 2 is 2.00 bits per heavy atom. The maximum atomic E-state index is 2.57. The van der Waals surface area contributed by atoms with Gasteiger partial charge < -0.3 is 4.90 Å². The summed E-state index contributed by atoms with van der Waals surface area (Å²) in [7, 11) is 2.29. The highest BCUT2D eigenvalue weighted by molar-refractivity contribution is 4.81. The molecule has 0 aromatic rings. The quantitative estimate of drug-likeness (QED) is 0.649. The van der Waals surface area contributed by atoms with Crippen molar-refractivity contribution in [2.45, 2.75) is 52.5 Å². The first-order chi connectivity index (χ1) is 6.16. The molecule has 0 amide bonds. The standard InChI is InChI=1S/C12H25N/c1-5-10(2)11(3)12-8-6-7-9-13(12)4/h10-12H,5-9H2,1-4H3. The molecule has 0 spiro atoms. The number of rotatable bonds is 3. The van der Waals surface area contributed by atoms with Crippen molar-refractivity contribution in [1.82, 2.24) is 4.90 Å². The van der Waals surface area contributed by atoms with E-state index in [1.54, 1.807) is 0 Å². The predicted molar refractivity (Wildman–Crippen MR) is 58.9 cm³/mol. The first kappa shape index (κ1) is 11.0. The van der Waals surface area contributed by atoms with Crippen molar-refractivity contribution in [3.63, 3.8) is 0 Å². The van der Waals surface area contributed by atoms with Crippen LogP contribution >= 0.6 is 0 Å². The van der Waals surface area contributed by atoms with E-state index >= 15 is 0 Å². The fraction of sp³-hybridized carbons (Fsp3) is 1.00. The molecule has 0 aromatic carbocycles. The van der Waals surface area contributed by atoms with Gasteiger partial charge in [0.2, 0.25) is 0 Å². The third-order valence-electron chi connectivity index (χ3n) is 3.98. The third-order valence-corrected chi connectivity index (χ3v) is 3.98. The zero-order valence-corrected chi connectivity index (χ0v) is 9.71. The zero-order valence-electron chi connectivity index (χ0n) is 9.71. The number of hydrogen-bond acceptors (Lipinski definition) is 1. The van der Waals surface area contributed by atoms with Crippen LogP contribution in [0.2, 0.25) is 0 Å². The van der Waals surface area contributed by atoms with Gasteiger partial charge >= 0.3 is 0 Å². The van der Waals surface area contributed by atoms with Crippen molar-refractivity contribution < 1.29 is 0 Å². The van der Waals surface area contributed by atoms with Crippen LogP contribution in [-0.4, -0.2) is 24.5 Å². The molecule has 0 aliphatic carbocycles. The summed E-state index contributed by atoms with van der Waals surface area (Å²) in [6.45, 7) is 8.45. The van der Waals surface area contributed by atoms with Gasteiger partial charge in [-0.1, -0.05) is 33.6 Å². The first-order valence-corrected chi connectivity index (χ1v) is 5.87. The van der Waals surface area contributed by atoms with Gasteiger partial charge in [0, 0.05) is 6.04 Å². The number of likely N-dealkylation sites (tertiary alicyclic amines) is 1. The molecule has 13 heavy (non-hydrogen) atoms. The lowest BCUT2D eigenvalue weighted by molar-refractivity contribution is 0.108. The van der Waals surface area contributed by atoms with Crippen LogP contribution in [0.4, 0.5) is 0 Å². The summed E-state index contributed by atoms with van der Waals surface area (Å²) < 4.78 is 0. The largest absolute Gasteiger partial charge is 0.303 e. The Hall–Kier alpha value is -0.0400. The SMILES string of the molecule is CCC(C)C(C)C1CCCCN1C. The van der Waals surface area contributed by atoms with E-state index in [1.807, 2.05) is 0 Å². The van der Waals surface area contributed by atoms with E-state index in [1.165, 1.54) is 32.2 Å². The highest BCUT2D eigenvalue weighted by atomic mass is 15.1. The fourth-order valence-corrected chi connectivity index (χ4v) is 2.52. The summed E-state index contributed by atoms with van der Waals surface area (Å²) >= 11 is 0. The van der Waals surface area contributed by atoms with E-state index in [0.29, 0.717) is 0 Å². The van der Waals surface area contributed by atoms with E-state index < -0.39 is 0 Å². The lowest BCUT2D eigenvalue weighted by Crippen LogP contribution is -2.42.